The lowest BCUT2D eigenvalue weighted by atomic mass is 10.2. The van der Waals surface area contributed by atoms with Gasteiger partial charge < -0.3 is 0 Å². The molecule has 1 N–H and O–H groups in total. The van der Waals surface area contributed by atoms with Gasteiger partial charge in [-0.15, -0.1) is 0 Å². The van der Waals surface area contributed by atoms with E-state index >= 15 is 0 Å². The molecule has 0 aliphatic carbocycles. The van der Waals surface area contributed by atoms with E-state index in [1.807, 2.05) is 0 Å². The molecule has 4 nitrogen and oxygen atoms in total. The van der Waals surface area contributed by atoms with Crippen LogP contribution < -0.4 is 5.43 Å². The van der Waals surface area contributed by atoms with Gasteiger partial charge in [0, 0.05) is 18.0 Å². The Morgan fingerprint density at radius 2 is 1.89 bits per heavy atom. The van der Waals surface area contributed by atoms with Crippen LogP contribution in [0.3, 0.4) is 0 Å². The van der Waals surface area contributed by atoms with Gasteiger partial charge in [-0.1, -0.05) is 23.2 Å². The Morgan fingerprint density at radius 3 is 2.58 bits per heavy atom. The van der Waals surface area contributed by atoms with Crippen LogP contribution in [0.2, 0.25) is 10.0 Å². The van der Waals surface area contributed by atoms with Crippen molar-refractivity contribution >= 4 is 35.3 Å². The second-order valence-corrected chi connectivity index (χ2v) is 4.42. The van der Waals surface area contributed by atoms with Crippen molar-refractivity contribution in [3.8, 4) is 0 Å². The first-order valence-electron chi connectivity index (χ1n) is 5.35. The number of amides is 1. The largest absolute Gasteiger partial charge is 0.271 e. The number of benzene rings is 1. The highest BCUT2D eigenvalue weighted by Crippen LogP contribution is 2.22. The monoisotopic (exact) mass is 293 g/mol. The molecule has 1 heterocycles. The van der Waals surface area contributed by atoms with Gasteiger partial charge in [-0.05, 0) is 35.9 Å². The highest BCUT2D eigenvalue weighted by molar-refractivity contribution is 6.42. The summed E-state index contributed by atoms with van der Waals surface area (Å²) >= 11 is 11.6. The standard InChI is InChI=1S/C13H9Cl2N3O/c14-11-2-1-10(7-12(11)15)13(19)18-17-8-9-3-5-16-6-4-9/h1-8H,(H,18,19)/b17-8+. The molecule has 1 aromatic carbocycles. The maximum Gasteiger partial charge on any atom is 0.271 e. The lowest BCUT2D eigenvalue weighted by Crippen LogP contribution is -2.17. The molecule has 0 bridgehead atoms. The lowest BCUT2D eigenvalue weighted by Gasteiger charge is -2.01. The summed E-state index contributed by atoms with van der Waals surface area (Å²) in [5, 5.41) is 4.57. The summed E-state index contributed by atoms with van der Waals surface area (Å²) in [7, 11) is 0. The average molecular weight is 294 g/mol. The van der Waals surface area contributed by atoms with Crippen LogP contribution in [0, 0.1) is 0 Å². The van der Waals surface area contributed by atoms with Gasteiger partial charge in [-0.2, -0.15) is 5.10 Å². The maximum absolute atomic E-state index is 11.8. The molecule has 0 radical (unpaired) electrons. The van der Waals surface area contributed by atoms with Gasteiger partial charge in [-0.25, -0.2) is 5.43 Å². The number of nitrogens with zero attached hydrogens (tertiary/aromatic N) is 2. The van der Waals surface area contributed by atoms with E-state index in [2.05, 4.69) is 15.5 Å². The summed E-state index contributed by atoms with van der Waals surface area (Å²) in [6.45, 7) is 0. The topological polar surface area (TPSA) is 54.4 Å². The Bertz CT molecular complexity index is 615. The number of carbonyl (C=O) groups is 1. The number of hydrogen-bond donors (Lipinski definition) is 1. The lowest BCUT2D eigenvalue weighted by molar-refractivity contribution is 0.0955. The first kappa shape index (κ1) is 13.5. The van der Waals surface area contributed by atoms with E-state index < -0.39 is 0 Å². The molecule has 96 valence electrons. The minimum atomic E-state index is -0.358. The third-order valence-corrected chi connectivity index (χ3v) is 3.01. The number of hydrogen-bond acceptors (Lipinski definition) is 3. The van der Waals surface area contributed by atoms with Crippen LogP contribution in [0.25, 0.3) is 0 Å². The number of rotatable bonds is 3. The summed E-state index contributed by atoms with van der Waals surface area (Å²) in [6, 6.07) is 8.17. The highest BCUT2D eigenvalue weighted by atomic mass is 35.5. The van der Waals surface area contributed by atoms with Gasteiger partial charge >= 0.3 is 0 Å². The summed E-state index contributed by atoms with van der Waals surface area (Å²) in [5.74, 6) is -0.358. The molecule has 1 amide bonds. The zero-order chi connectivity index (χ0) is 13.7. The maximum atomic E-state index is 11.8. The Hall–Kier alpha value is -1.91. The van der Waals surface area contributed by atoms with Gasteiger partial charge in [0.25, 0.3) is 5.91 Å². The first-order valence-corrected chi connectivity index (χ1v) is 6.11. The fourth-order valence-electron chi connectivity index (χ4n) is 1.32. The van der Waals surface area contributed by atoms with Crippen LogP contribution in [0.15, 0.2) is 47.8 Å². The van der Waals surface area contributed by atoms with E-state index in [4.69, 9.17) is 23.2 Å². The second kappa shape index (κ2) is 6.31. The third-order valence-electron chi connectivity index (χ3n) is 2.27. The van der Waals surface area contributed by atoms with Crippen molar-refractivity contribution in [2.24, 2.45) is 5.10 Å². The number of nitrogens with one attached hydrogen (secondary N) is 1. The van der Waals surface area contributed by atoms with Crippen molar-refractivity contribution in [1.29, 1.82) is 0 Å². The highest BCUT2D eigenvalue weighted by Gasteiger charge is 2.06. The molecule has 0 unspecified atom stereocenters. The predicted molar refractivity (Wildman–Crippen MR) is 75.8 cm³/mol. The molecule has 0 aliphatic rings. The average Bonchev–Trinajstić information content (AvgIpc) is 2.43. The van der Waals surface area contributed by atoms with Crippen LogP contribution in [0.4, 0.5) is 0 Å². The Kier molecular flexibility index (Phi) is 4.49. The SMILES string of the molecule is O=C(N/N=C/c1ccncc1)c1ccc(Cl)c(Cl)c1. The minimum Gasteiger partial charge on any atom is -0.267 e. The summed E-state index contributed by atoms with van der Waals surface area (Å²) in [5.41, 5.74) is 3.63. The number of carbonyl (C=O) groups excluding carboxylic acids is 1. The molecule has 0 saturated heterocycles. The molecular formula is C13H9Cl2N3O. The van der Waals surface area contributed by atoms with Crippen molar-refractivity contribution in [2.75, 3.05) is 0 Å². The molecule has 0 spiro atoms. The Labute approximate surface area is 120 Å². The van der Waals surface area contributed by atoms with Gasteiger partial charge in [0.15, 0.2) is 0 Å². The smallest absolute Gasteiger partial charge is 0.267 e. The summed E-state index contributed by atoms with van der Waals surface area (Å²) in [4.78, 5) is 15.6. The molecule has 0 atom stereocenters. The molecular weight excluding hydrogens is 285 g/mol. The van der Waals surface area contributed by atoms with Gasteiger partial charge in [0.1, 0.15) is 0 Å². The zero-order valence-electron chi connectivity index (χ0n) is 9.68. The molecule has 6 heteroatoms. The van der Waals surface area contributed by atoms with Gasteiger partial charge in [-0.3, -0.25) is 9.78 Å². The van der Waals surface area contributed by atoms with E-state index in [0.29, 0.717) is 15.6 Å². The molecule has 0 aliphatic heterocycles. The fraction of sp³-hybridized carbons (Fsp3) is 0. The van der Waals surface area contributed by atoms with Crippen LogP contribution in [-0.2, 0) is 0 Å². The first-order chi connectivity index (χ1) is 9.16. The van der Waals surface area contributed by atoms with Crippen molar-refractivity contribution < 1.29 is 4.79 Å². The van der Waals surface area contributed by atoms with E-state index in [1.54, 1.807) is 36.7 Å². The molecule has 2 rings (SSSR count). The molecule has 0 saturated carbocycles. The number of aromatic nitrogens is 1. The quantitative estimate of drug-likeness (QED) is 0.698. The van der Waals surface area contributed by atoms with Crippen LogP contribution in [0.5, 0.6) is 0 Å². The Balaban J connectivity index is 2.01. The zero-order valence-corrected chi connectivity index (χ0v) is 11.2. The second-order valence-electron chi connectivity index (χ2n) is 3.61. The van der Waals surface area contributed by atoms with E-state index in [0.717, 1.165) is 5.56 Å². The van der Waals surface area contributed by atoms with E-state index in [1.165, 1.54) is 12.3 Å². The van der Waals surface area contributed by atoms with Crippen LogP contribution in [0.1, 0.15) is 15.9 Å². The number of pyridine rings is 1. The van der Waals surface area contributed by atoms with Crippen molar-refractivity contribution in [1.82, 2.24) is 10.4 Å². The minimum absolute atomic E-state index is 0.326. The predicted octanol–water partition coefficient (Wildman–Crippen LogP) is 3.15. The van der Waals surface area contributed by atoms with Crippen molar-refractivity contribution in [3.05, 3.63) is 63.9 Å². The molecule has 2 aromatic rings. The number of halogens is 2. The summed E-state index contributed by atoms with van der Waals surface area (Å²) < 4.78 is 0. The normalized spacial score (nSPS) is 10.6. The van der Waals surface area contributed by atoms with Crippen molar-refractivity contribution in [2.45, 2.75) is 0 Å². The molecule has 1 aromatic heterocycles. The van der Waals surface area contributed by atoms with Crippen LogP contribution in [-0.4, -0.2) is 17.1 Å². The third kappa shape index (κ3) is 3.77. The summed E-state index contributed by atoms with van der Waals surface area (Å²) in [6.07, 6.45) is 4.81. The van der Waals surface area contributed by atoms with Crippen molar-refractivity contribution in [3.63, 3.8) is 0 Å². The number of hydrazone groups is 1. The molecule has 19 heavy (non-hydrogen) atoms. The molecule has 0 fully saturated rings. The van der Waals surface area contributed by atoms with Crippen LogP contribution >= 0.6 is 23.2 Å². The Morgan fingerprint density at radius 1 is 1.16 bits per heavy atom. The van der Waals surface area contributed by atoms with E-state index in [9.17, 15) is 4.79 Å². The van der Waals surface area contributed by atoms with Gasteiger partial charge in [0.05, 0.1) is 16.3 Å². The fourth-order valence-corrected chi connectivity index (χ4v) is 1.61. The van der Waals surface area contributed by atoms with Gasteiger partial charge in [0.2, 0.25) is 0 Å². The van der Waals surface area contributed by atoms with E-state index in [-0.39, 0.29) is 5.91 Å².